The fraction of sp³-hybridized carbons (Fsp3) is 0.529. The fourth-order valence-corrected chi connectivity index (χ4v) is 3.36. The number of rotatable bonds is 5. The molecule has 2 aromatic heterocycles. The first-order valence-electron chi connectivity index (χ1n) is 8.61. The Morgan fingerprint density at radius 3 is 2.84 bits per heavy atom. The zero-order chi connectivity index (χ0) is 17.8. The lowest BCUT2D eigenvalue weighted by Crippen LogP contribution is -2.46. The number of aromatic nitrogens is 4. The molecule has 1 unspecified atom stereocenters. The molecule has 0 bridgehead atoms. The van der Waals surface area contributed by atoms with E-state index < -0.39 is 11.2 Å². The second-order valence-electron chi connectivity index (χ2n) is 6.43. The highest BCUT2D eigenvalue weighted by Gasteiger charge is 2.26. The number of aromatic amines is 1. The second kappa shape index (κ2) is 7.50. The molecule has 25 heavy (non-hydrogen) atoms. The van der Waals surface area contributed by atoms with Gasteiger partial charge in [-0.15, -0.1) is 0 Å². The largest absolute Gasteiger partial charge is 0.338 e. The molecule has 8 nitrogen and oxygen atoms in total. The number of hydrogen-bond donors (Lipinski definition) is 1. The van der Waals surface area contributed by atoms with Crippen LogP contribution in [-0.4, -0.2) is 42.5 Å². The summed E-state index contributed by atoms with van der Waals surface area (Å²) >= 11 is 0. The third-order valence-electron chi connectivity index (χ3n) is 4.78. The van der Waals surface area contributed by atoms with Gasteiger partial charge in [-0.3, -0.25) is 19.1 Å². The molecule has 8 heteroatoms. The molecule has 1 saturated heterocycles. The van der Waals surface area contributed by atoms with Crippen LogP contribution in [0.15, 0.2) is 34.2 Å². The van der Waals surface area contributed by atoms with E-state index in [4.69, 9.17) is 0 Å². The maximum Gasteiger partial charge on any atom is 0.328 e. The molecule has 0 saturated carbocycles. The van der Waals surface area contributed by atoms with Crippen LogP contribution < -0.4 is 11.2 Å². The van der Waals surface area contributed by atoms with Crippen molar-refractivity contribution in [1.82, 2.24) is 24.0 Å². The van der Waals surface area contributed by atoms with Crippen LogP contribution in [0.4, 0.5) is 0 Å². The van der Waals surface area contributed by atoms with E-state index in [-0.39, 0.29) is 18.5 Å². The van der Waals surface area contributed by atoms with Gasteiger partial charge in [0.05, 0.1) is 0 Å². The summed E-state index contributed by atoms with van der Waals surface area (Å²) in [6, 6.07) is 1.42. The van der Waals surface area contributed by atoms with Gasteiger partial charge in [-0.25, -0.2) is 9.78 Å². The highest BCUT2D eigenvalue weighted by atomic mass is 16.2. The normalized spacial score (nSPS) is 17.6. The van der Waals surface area contributed by atoms with Crippen molar-refractivity contribution in [3.05, 3.63) is 51.3 Å². The van der Waals surface area contributed by atoms with Crippen molar-refractivity contribution >= 4 is 5.91 Å². The highest BCUT2D eigenvalue weighted by Crippen LogP contribution is 2.21. The number of aryl methyl sites for hydroxylation is 2. The summed E-state index contributed by atoms with van der Waals surface area (Å²) in [4.78, 5) is 43.9. The third kappa shape index (κ3) is 4.07. The van der Waals surface area contributed by atoms with Crippen LogP contribution >= 0.6 is 0 Å². The first kappa shape index (κ1) is 17.2. The van der Waals surface area contributed by atoms with E-state index in [9.17, 15) is 14.4 Å². The van der Waals surface area contributed by atoms with E-state index in [0.29, 0.717) is 6.54 Å². The second-order valence-corrected chi connectivity index (χ2v) is 6.43. The van der Waals surface area contributed by atoms with E-state index in [1.54, 1.807) is 6.20 Å². The Balaban J connectivity index is 1.67. The number of imidazole rings is 1. The van der Waals surface area contributed by atoms with Crippen LogP contribution in [0.25, 0.3) is 0 Å². The maximum absolute atomic E-state index is 12.7. The van der Waals surface area contributed by atoms with Crippen LogP contribution in [0.3, 0.4) is 0 Å². The predicted molar refractivity (Wildman–Crippen MR) is 92.3 cm³/mol. The predicted octanol–water partition coefficient (Wildman–Crippen LogP) is 0.513. The molecule has 3 heterocycles. The van der Waals surface area contributed by atoms with Crippen molar-refractivity contribution in [3.63, 3.8) is 0 Å². The summed E-state index contributed by atoms with van der Waals surface area (Å²) in [5, 5.41) is 0. The van der Waals surface area contributed by atoms with E-state index >= 15 is 0 Å². The van der Waals surface area contributed by atoms with Crippen molar-refractivity contribution in [2.45, 2.75) is 51.7 Å². The average molecular weight is 345 g/mol. The molecule has 3 rings (SSSR count). The van der Waals surface area contributed by atoms with Crippen LogP contribution in [0.2, 0.25) is 0 Å². The van der Waals surface area contributed by atoms with Gasteiger partial charge >= 0.3 is 5.69 Å². The Morgan fingerprint density at radius 1 is 1.28 bits per heavy atom. The molecule has 1 amide bonds. The van der Waals surface area contributed by atoms with Gasteiger partial charge in [0.2, 0.25) is 5.91 Å². The van der Waals surface area contributed by atoms with Crippen molar-refractivity contribution in [2.75, 3.05) is 6.54 Å². The first-order chi connectivity index (χ1) is 12.0. The molecule has 0 aliphatic carbocycles. The maximum atomic E-state index is 12.7. The van der Waals surface area contributed by atoms with Gasteiger partial charge in [-0.2, -0.15) is 0 Å². The Bertz CT molecular complexity index is 850. The Labute approximate surface area is 145 Å². The number of nitrogens with one attached hydrogen (secondary N) is 1. The van der Waals surface area contributed by atoms with Gasteiger partial charge < -0.3 is 9.47 Å². The first-order valence-corrected chi connectivity index (χ1v) is 8.61. The van der Waals surface area contributed by atoms with E-state index in [2.05, 4.69) is 14.5 Å². The van der Waals surface area contributed by atoms with Gasteiger partial charge in [0, 0.05) is 43.8 Å². The molecule has 1 fully saturated rings. The van der Waals surface area contributed by atoms with Crippen LogP contribution in [0.5, 0.6) is 0 Å². The van der Waals surface area contributed by atoms with Crippen LogP contribution in [0, 0.1) is 6.92 Å². The van der Waals surface area contributed by atoms with Crippen LogP contribution in [0.1, 0.15) is 31.5 Å². The number of piperidine rings is 1. The van der Waals surface area contributed by atoms with Gasteiger partial charge in [0.25, 0.3) is 5.56 Å². The molecule has 0 aromatic carbocycles. The third-order valence-corrected chi connectivity index (χ3v) is 4.78. The lowest BCUT2D eigenvalue weighted by atomic mass is 9.99. The van der Waals surface area contributed by atoms with Gasteiger partial charge in [0.15, 0.2) is 0 Å². The van der Waals surface area contributed by atoms with Gasteiger partial charge in [0.1, 0.15) is 12.4 Å². The minimum Gasteiger partial charge on any atom is -0.338 e. The Kier molecular flexibility index (Phi) is 5.16. The molecule has 134 valence electrons. The Morgan fingerprint density at radius 2 is 2.12 bits per heavy atom. The monoisotopic (exact) mass is 345 g/mol. The topological polar surface area (TPSA) is 93.0 Å². The van der Waals surface area contributed by atoms with Crippen molar-refractivity contribution < 1.29 is 4.79 Å². The number of carbonyl (C=O) groups is 1. The summed E-state index contributed by atoms with van der Waals surface area (Å²) in [6.07, 6.45) is 9.02. The van der Waals surface area contributed by atoms with E-state index in [0.717, 1.165) is 38.1 Å². The number of likely N-dealkylation sites (tertiary alicyclic amines) is 1. The number of H-pyrrole nitrogens is 1. The standard InChI is InChI=1S/C17H23N5O3/c1-13-18-7-11-20(13)9-5-14-4-2-3-8-22(14)16(24)12-21-10-6-15(23)19-17(21)25/h6-7,10-11,14H,2-5,8-9,12H2,1H3,(H,19,23,25). The van der Waals surface area contributed by atoms with Crippen molar-refractivity contribution in [1.29, 1.82) is 0 Å². The molecule has 0 radical (unpaired) electrons. The molecule has 0 spiro atoms. The number of nitrogens with zero attached hydrogens (tertiary/aromatic N) is 4. The summed E-state index contributed by atoms with van der Waals surface area (Å²) in [7, 11) is 0. The number of carbonyl (C=O) groups excluding carboxylic acids is 1. The highest BCUT2D eigenvalue weighted by molar-refractivity contribution is 5.76. The number of amides is 1. The number of hydrogen-bond acceptors (Lipinski definition) is 4. The molecular formula is C17H23N5O3. The van der Waals surface area contributed by atoms with E-state index in [1.165, 1.54) is 16.8 Å². The lowest BCUT2D eigenvalue weighted by molar-refractivity contribution is -0.135. The molecule has 1 aliphatic heterocycles. The summed E-state index contributed by atoms with van der Waals surface area (Å²) in [5.41, 5.74) is -1.01. The summed E-state index contributed by atoms with van der Waals surface area (Å²) < 4.78 is 3.33. The molecule has 1 aliphatic rings. The zero-order valence-corrected chi connectivity index (χ0v) is 14.4. The van der Waals surface area contributed by atoms with Crippen molar-refractivity contribution in [3.8, 4) is 0 Å². The zero-order valence-electron chi connectivity index (χ0n) is 14.4. The summed E-state index contributed by atoms with van der Waals surface area (Å²) in [6.45, 7) is 3.45. The van der Waals surface area contributed by atoms with Gasteiger partial charge in [-0.1, -0.05) is 0 Å². The minimum atomic E-state index is -0.552. The molecular weight excluding hydrogens is 322 g/mol. The molecule has 2 aromatic rings. The fourth-order valence-electron chi connectivity index (χ4n) is 3.36. The summed E-state index contributed by atoms with van der Waals surface area (Å²) in [5.74, 6) is 0.884. The van der Waals surface area contributed by atoms with Crippen molar-refractivity contribution in [2.24, 2.45) is 0 Å². The van der Waals surface area contributed by atoms with E-state index in [1.807, 2.05) is 18.0 Å². The quantitative estimate of drug-likeness (QED) is 0.855. The smallest absolute Gasteiger partial charge is 0.328 e. The SMILES string of the molecule is Cc1nccn1CCC1CCCCN1C(=O)Cn1ccc(=O)[nH]c1=O. The Hall–Kier alpha value is -2.64. The average Bonchev–Trinajstić information content (AvgIpc) is 3.01. The van der Waals surface area contributed by atoms with Gasteiger partial charge in [-0.05, 0) is 32.6 Å². The lowest BCUT2D eigenvalue weighted by Gasteiger charge is -2.36. The molecule has 1 N–H and O–H groups in total. The molecule has 1 atom stereocenters. The minimum absolute atomic E-state index is 0.0454. The van der Waals surface area contributed by atoms with Crippen LogP contribution in [-0.2, 0) is 17.9 Å².